The molecular formula is C23H24ClF2N3O3S. The van der Waals surface area contributed by atoms with E-state index in [-0.39, 0.29) is 40.9 Å². The molecule has 1 aliphatic heterocycles. The molecular weight excluding hydrogens is 472 g/mol. The van der Waals surface area contributed by atoms with Gasteiger partial charge in [-0.3, -0.25) is 4.99 Å². The first-order chi connectivity index (χ1) is 15.8. The number of halogens is 3. The topological polar surface area (TPSA) is 82.3 Å². The van der Waals surface area contributed by atoms with Crippen LogP contribution < -0.4 is 0 Å². The van der Waals surface area contributed by atoms with Gasteiger partial charge in [0.1, 0.15) is 11.6 Å². The van der Waals surface area contributed by atoms with Gasteiger partial charge in [0.15, 0.2) is 5.84 Å². The van der Waals surface area contributed by atoms with Crippen molar-refractivity contribution in [3.05, 3.63) is 64.2 Å². The van der Waals surface area contributed by atoms with Gasteiger partial charge in [0, 0.05) is 36.0 Å². The van der Waals surface area contributed by atoms with Crippen molar-refractivity contribution < 1.29 is 22.3 Å². The van der Waals surface area contributed by atoms with Crippen LogP contribution >= 0.6 is 11.6 Å². The second-order valence-corrected chi connectivity index (χ2v) is 10.5. The first-order valence-corrected chi connectivity index (χ1v) is 12.6. The van der Waals surface area contributed by atoms with Crippen molar-refractivity contribution in [3.8, 4) is 0 Å². The highest BCUT2D eigenvalue weighted by Gasteiger charge is 2.38. The van der Waals surface area contributed by atoms with Gasteiger partial charge in [-0.1, -0.05) is 24.4 Å². The first-order valence-electron chi connectivity index (χ1n) is 10.7. The summed E-state index contributed by atoms with van der Waals surface area (Å²) in [6, 6.07) is 7.17. The zero-order valence-electron chi connectivity index (χ0n) is 17.8. The average Bonchev–Trinajstić information content (AvgIpc) is 3.34. The van der Waals surface area contributed by atoms with E-state index in [1.54, 1.807) is 0 Å². The standard InChI is InChI=1S/C23H24ClF2N3O3S/c24-17-5-7-18(8-6-17)33(31,32)29(22-4-2-1-3-15(22)14-30)13-16-11-21(26)19(12-20(16)25)23-27-9-10-28-23/h5-9,11-12,15,22,30H,1-4,10,13-14H2. The maximum absolute atomic E-state index is 15.1. The maximum atomic E-state index is 15.1. The monoisotopic (exact) mass is 495 g/mol. The minimum Gasteiger partial charge on any atom is -0.396 e. The molecule has 1 heterocycles. The van der Waals surface area contributed by atoms with Crippen molar-refractivity contribution in [3.63, 3.8) is 0 Å². The highest BCUT2D eigenvalue weighted by atomic mass is 35.5. The third-order valence-electron chi connectivity index (χ3n) is 6.13. The molecule has 2 aromatic carbocycles. The summed E-state index contributed by atoms with van der Waals surface area (Å²) in [5, 5.41) is 10.3. The van der Waals surface area contributed by atoms with Gasteiger partial charge in [-0.25, -0.2) is 22.2 Å². The summed E-state index contributed by atoms with van der Waals surface area (Å²) in [4.78, 5) is 7.98. The van der Waals surface area contributed by atoms with E-state index in [0.29, 0.717) is 24.4 Å². The summed E-state index contributed by atoms with van der Waals surface area (Å²) >= 11 is 5.92. The summed E-state index contributed by atoms with van der Waals surface area (Å²) in [6.45, 7) is -0.259. The quantitative estimate of drug-likeness (QED) is 0.625. The molecule has 0 bridgehead atoms. The summed E-state index contributed by atoms with van der Waals surface area (Å²) in [6.07, 6.45) is 4.32. The fourth-order valence-electron chi connectivity index (χ4n) is 4.40. The van der Waals surface area contributed by atoms with E-state index in [9.17, 15) is 17.9 Å². The van der Waals surface area contributed by atoms with E-state index in [2.05, 4.69) is 9.98 Å². The van der Waals surface area contributed by atoms with Gasteiger partial charge in [-0.2, -0.15) is 4.31 Å². The molecule has 1 aliphatic carbocycles. The number of hydrogen-bond acceptors (Lipinski definition) is 5. The van der Waals surface area contributed by atoms with Crippen molar-refractivity contribution in [2.24, 2.45) is 15.9 Å². The van der Waals surface area contributed by atoms with E-state index < -0.39 is 27.7 Å². The Hall–Kier alpha value is -2.20. The van der Waals surface area contributed by atoms with E-state index >= 15 is 4.39 Å². The third-order valence-corrected chi connectivity index (χ3v) is 8.27. The predicted molar refractivity (Wildman–Crippen MR) is 123 cm³/mol. The Labute approximate surface area is 196 Å². The zero-order valence-corrected chi connectivity index (χ0v) is 19.4. The second kappa shape index (κ2) is 9.97. The van der Waals surface area contributed by atoms with Crippen LogP contribution in [0.4, 0.5) is 8.78 Å². The Kier molecular flexibility index (Phi) is 7.23. The van der Waals surface area contributed by atoms with E-state index in [1.165, 1.54) is 34.8 Å². The first kappa shape index (κ1) is 23.9. The molecule has 176 valence electrons. The zero-order chi connectivity index (χ0) is 23.6. The van der Waals surface area contributed by atoms with Crippen molar-refractivity contribution in [2.75, 3.05) is 13.2 Å². The van der Waals surface area contributed by atoms with Crippen LogP contribution in [0, 0.1) is 17.6 Å². The maximum Gasteiger partial charge on any atom is 0.243 e. The SMILES string of the molecule is O=S(=O)(c1ccc(Cl)cc1)N(Cc1cc(F)c(C2=NCC=N2)cc1F)C1CCCCC1CO. The Morgan fingerprint density at radius 2 is 1.82 bits per heavy atom. The molecule has 10 heteroatoms. The van der Waals surface area contributed by atoms with Gasteiger partial charge in [0.25, 0.3) is 0 Å². The molecule has 1 fully saturated rings. The van der Waals surface area contributed by atoms with Crippen molar-refractivity contribution in [1.82, 2.24) is 4.31 Å². The molecule has 4 rings (SSSR count). The van der Waals surface area contributed by atoms with E-state index in [1.807, 2.05) is 0 Å². The van der Waals surface area contributed by atoms with Crippen LogP contribution in [0.25, 0.3) is 0 Å². The highest BCUT2D eigenvalue weighted by Crippen LogP contribution is 2.34. The summed E-state index contributed by atoms with van der Waals surface area (Å²) in [5.41, 5.74) is -0.165. The van der Waals surface area contributed by atoms with Crippen LogP contribution in [0.15, 0.2) is 51.3 Å². The number of amidine groups is 1. The largest absolute Gasteiger partial charge is 0.396 e. The normalized spacial score (nSPS) is 20.9. The lowest BCUT2D eigenvalue weighted by Crippen LogP contribution is -2.46. The van der Waals surface area contributed by atoms with Crippen molar-refractivity contribution in [1.29, 1.82) is 0 Å². The molecule has 2 aliphatic rings. The molecule has 2 aromatic rings. The Balaban J connectivity index is 1.74. The van der Waals surface area contributed by atoms with E-state index in [4.69, 9.17) is 11.6 Å². The number of rotatable bonds is 7. The molecule has 33 heavy (non-hydrogen) atoms. The Morgan fingerprint density at radius 3 is 2.48 bits per heavy atom. The van der Waals surface area contributed by atoms with Gasteiger partial charge >= 0.3 is 0 Å². The lowest BCUT2D eigenvalue weighted by Gasteiger charge is -2.38. The van der Waals surface area contributed by atoms with Gasteiger partial charge in [0.2, 0.25) is 10.0 Å². The molecule has 0 aromatic heterocycles. The van der Waals surface area contributed by atoms with Gasteiger partial charge in [-0.05, 0) is 55.2 Å². The number of sulfonamides is 1. The third kappa shape index (κ3) is 5.01. The van der Waals surface area contributed by atoms with Gasteiger partial charge in [0.05, 0.1) is 17.0 Å². The van der Waals surface area contributed by atoms with Gasteiger partial charge in [-0.15, -0.1) is 0 Å². The average molecular weight is 496 g/mol. The number of aliphatic hydroxyl groups is 1. The Morgan fingerprint density at radius 1 is 1.09 bits per heavy atom. The smallest absolute Gasteiger partial charge is 0.243 e. The number of hydrogen-bond donors (Lipinski definition) is 1. The fraction of sp³-hybridized carbons (Fsp3) is 0.391. The van der Waals surface area contributed by atoms with Crippen molar-refractivity contribution in [2.45, 2.75) is 43.2 Å². The minimum atomic E-state index is -4.09. The lowest BCUT2D eigenvalue weighted by molar-refractivity contribution is 0.109. The van der Waals surface area contributed by atoms with Gasteiger partial charge < -0.3 is 5.11 Å². The molecule has 0 amide bonds. The number of nitrogens with zero attached hydrogens (tertiary/aromatic N) is 3. The van der Waals surface area contributed by atoms with E-state index in [0.717, 1.165) is 25.0 Å². The van der Waals surface area contributed by atoms with Crippen LogP contribution in [0.3, 0.4) is 0 Å². The summed E-state index contributed by atoms with van der Waals surface area (Å²) < 4.78 is 58.4. The molecule has 1 saturated carbocycles. The fourth-order valence-corrected chi connectivity index (χ4v) is 6.22. The van der Waals surface area contributed by atoms with Crippen LogP contribution in [-0.2, 0) is 16.6 Å². The highest BCUT2D eigenvalue weighted by molar-refractivity contribution is 7.89. The lowest BCUT2D eigenvalue weighted by atomic mass is 9.85. The molecule has 0 spiro atoms. The molecule has 6 nitrogen and oxygen atoms in total. The van der Waals surface area contributed by atoms with Crippen LogP contribution in [0.2, 0.25) is 5.02 Å². The predicted octanol–water partition coefficient (Wildman–Crippen LogP) is 4.19. The van der Waals surface area contributed by atoms with Crippen LogP contribution in [0.1, 0.15) is 36.8 Å². The molecule has 0 radical (unpaired) electrons. The molecule has 0 saturated heterocycles. The molecule has 2 unspecified atom stereocenters. The molecule has 2 atom stereocenters. The van der Waals surface area contributed by atoms with Crippen LogP contribution in [-0.4, -0.2) is 49.1 Å². The second-order valence-electron chi connectivity index (χ2n) is 8.20. The summed E-state index contributed by atoms with van der Waals surface area (Å²) in [7, 11) is -4.09. The van der Waals surface area contributed by atoms with Crippen LogP contribution in [0.5, 0.6) is 0 Å². The number of aliphatic imine (C=N–C) groups is 2. The number of aliphatic hydroxyl groups excluding tert-OH is 1. The van der Waals surface area contributed by atoms with Crippen molar-refractivity contribution >= 4 is 33.7 Å². The summed E-state index contributed by atoms with van der Waals surface area (Å²) in [5.74, 6) is -1.66. The minimum absolute atomic E-state index is 0.00121. The number of benzene rings is 2. The molecule has 1 N–H and O–H groups in total. The Bertz CT molecular complexity index is 1190.